The maximum Gasteiger partial charge on any atom is 1.00 e. The van der Waals surface area contributed by atoms with Crippen LogP contribution in [0.1, 0.15) is 90.4 Å². The Morgan fingerprint density at radius 3 is 1.67 bits per heavy atom. The molecule has 0 spiro atoms. The number of rotatable bonds is 17. The molecule has 0 aromatic heterocycles. The maximum absolute atomic E-state index is 10.8. The molecule has 24 heavy (non-hydrogen) atoms. The average molecular weight is 368 g/mol. The van der Waals surface area contributed by atoms with Crippen molar-refractivity contribution in [1.29, 1.82) is 0 Å². The fraction of sp³-hybridized carbons (Fsp3) is 0.889. The molecule has 0 aliphatic heterocycles. The number of carboxylic acid groups (broad SMARTS) is 2. The molecular formula is C18H34KNO4. The van der Waals surface area contributed by atoms with Crippen molar-refractivity contribution in [2.45, 2.75) is 96.4 Å². The van der Waals surface area contributed by atoms with Crippen LogP contribution in [0.2, 0.25) is 0 Å². The molecule has 0 aromatic carbocycles. The van der Waals surface area contributed by atoms with Crippen molar-refractivity contribution in [1.82, 2.24) is 5.32 Å². The van der Waals surface area contributed by atoms with Crippen molar-refractivity contribution in [3.8, 4) is 0 Å². The van der Waals surface area contributed by atoms with Gasteiger partial charge >= 0.3 is 57.4 Å². The van der Waals surface area contributed by atoms with Crippen molar-refractivity contribution < 1.29 is 71.2 Å². The van der Waals surface area contributed by atoms with Gasteiger partial charge in [-0.15, -0.1) is 0 Å². The topological polar surface area (TPSA) is 89.5 Å². The second kappa shape index (κ2) is 19.9. The standard InChI is InChI=1S/C18H35NO4.K/c1-2-3-4-5-6-7-8-9-10-11-12-13-14-19-16(18(22)23)15-17(20)21;/h16,19H,2-15H2,1H3,(H,20,21)(H,22,23);/q;+1/p-1/t16-;/m0./s1. The first-order valence-corrected chi connectivity index (χ1v) is 9.24. The van der Waals surface area contributed by atoms with E-state index in [1.807, 2.05) is 0 Å². The van der Waals surface area contributed by atoms with E-state index >= 15 is 0 Å². The predicted molar refractivity (Wildman–Crippen MR) is 90.1 cm³/mol. The Hall–Kier alpha value is 0.536. The molecule has 0 heterocycles. The Bertz CT molecular complexity index is 313. The Labute approximate surface area is 189 Å². The van der Waals surface area contributed by atoms with Gasteiger partial charge in [-0.05, 0) is 13.0 Å². The minimum atomic E-state index is -1.33. The van der Waals surface area contributed by atoms with Gasteiger partial charge in [-0.2, -0.15) is 0 Å². The van der Waals surface area contributed by atoms with Gasteiger partial charge in [-0.25, -0.2) is 0 Å². The summed E-state index contributed by atoms with van der Waals surface area (Å²) >= 11 is 0. The number of nitrogens with one attached hydrogen (secondary N) is 1. The normalized spacial score (nSPS) is 11.7. The largest absolute Gasteiger partial charge is 1.00 e. The van der Waals surface area contributed by atoms with Crippen LogP contribution in [-0.4, -0.2) is 29.6 Å². The zero-order chi connectivity index (χ0) is 17.3. The summed E-state index contributed by atoms with van der Waals surface area (Å²) in [7, 11) is 0. The molecule has 6 heteroatoms. The van der Waals surface area contributed by atoms with Crippen LogP contribution in [-0.2, 0) is 9.59 Å². The van der Waals surface area contributed by atoms with Crippen molar-refractivity contribution >= 4 is 11.9 Å². The fourth-order valence-electron chi connectivity index (χ4n) is 2.66. The number of unbranched alkanes of at least 4 members (excludes halogenated alkanes) is 11. The van der Waals surface area contributed by atoms with Crippen LogP contribution in [0.25, 0.3) is 0 Å². The summed E-state index contributed by atoms with van der Waals surface area (Å²) < 4.78 is 0. The van der Waals surface area contributed by atoms with Crippen LogP contribution in [0, 0.1) is 0 Å². The molecule has 0 aromatic rings. The molecule has 0 unspecified atom stereocenters. The number of carbonyl (C=O) groups excluding carboxylic acids is 1. The molecule has 2 N–H and O–H groups in total. The van der Waals surface area contributed by atoms with Gasteiger partial charge in [0.15, 0.2) is 0 Å². The molecule has 0 saturated heterocycles. The Morgan fingerprint density at radius 1 is 0.875 bits per heavy atom. The van der Waals surface area contributed by atoms with E-state index in [-0.39, 0.29) is 51.4 Å². The van der Waals surface area contributed by atoms with E-state index in [9.17, 15) is 14.7 Å². The summed E-state index contributed by atoms with van der Waals surface area (Å²) in [5, 5.41) is 22.1. The molecular weight excluding hydrogens is 333 g/mol. The van der Waals surface area contributed by atoms with E-state index in [4.69, 9.17) is 5.11 Å². The van der Waals surface area contributed by atoms with Crippen LogP contribution in [0.4, 0.5) is 0 Å². The molecule has 0 amide bonds. The van der Waals surface area contributed by atoms with E-state index in [1.54, 1.807) is 0 Å². The van der Waals surface area contributed by atoms with Gasteiger partial charge in [0, 0.05) is 12.4 Å². The van der Waals surface area contributed by atoms with E-state index < -0.39 is 24.4 Å². The predicted octanol–water partition coefficient (Wildman–Crippen LogP) is -0.126. The van der Waals surface area contributed by atoms with Crippen molar-refractivity contribution in [2.75, 3.05) is 6.54 Å². The van der Waals surface area contributed by atoms with Crippen LogP contribution in [0.3, 0.4) is 0 Å². The first-order valence-electron chi connectivity index (χ1n) is 9.24. The summed E-state index contributed by atoms with van der Waals surface area (Å²) in [4.78, 5) is 21.3. The van der Waals surface area contributed by atoms with Gasteiger partial charge in [-0.3, -0.25) is 4.79 Å². The molecule has 1 atom stereocenters. The molecule has 5 nitrogen and oxygen atoms in total. The third-order valence-corrected chi connectivity index (χ3v) is 4.09. The SMILES string of the molecule is CCCCCCCCCCCCCCN[C@@H](CC(=O)[O-])C(=O)O.[K+]. The van der Waals surface area contributed by atoms with Gasteiger partial charge in [0.05, 0.1) is 0 Å². The minimum Gasteiger partial charge on any atom is -0.550 e. The quantitative estimate of drug-likeness (QED) is 0.276. The molecule has 0 bridgehead atoms. The number of carbonyl (C=O) groups is 2. The van der Waals surface area contributed by atoms with Gasteiger partial charge in [-0.1, -0.05) is 77.6 Å². The molecule has 0 fully saturated rings. The molecule has 0 radical (unpaired) electrons. The first kappa shape index (κ1) is 26.8. The number of aliphatic carboxylic acids is 2. The number of carboxylic acids is 2. The summed E-state index contributed by atoms with van der Waals surface area (Å²) in [6.07, 6.45) is 14.6. The monoisotopic (exact) mass is 367 g/mol. The Kier molecular flexibility index (Phi) is 22.1. The maximum atomic E-state index is 10.8. The van der Waals surface area contributed by atoms with Crippen molar-refractivity contribution in [3.05, 3.63) is 0 Å². The third kappa shape index (κ3) is 18.9. The van der Waals surface area contributed by atoms with Crippen molar-refractivity contribution in [2.24, 2.45) is 0 Å². The Morgan fingerprint density at radius 2 is 1.29 bits per heavy atom. The molecule has 0 aliphatic carbocycles. The van der Waals surface area contributed by atoms with Gasteiger partial charge in [0.25, 0.3) is 0 Å². The summed E-state index contributed by atoms with van der Waals surface area (Å²) in [6, 6.07) is -1.03. The van der Waals surface area contributed by atoms with Crippen LogP contribution in [0.5, 0.6) is 0 Å². The zero-order valence-electron chi connectivity index (χ0n) is 15.6. The van der Waals surface area contributed by atoms with Crippen LogP contribution >= 0.6 is 0 Å². The molecule has 0 rings (SSSR count). The van der Waals surface area contributed by atoms with Crippen molar-refractivity contribution in [3.63, 3.8) is 0 Å². The zero-order valence-corrected chi connectivity index (χ0v) is 18.8. The van der Waals surface area contributed by atoms with Gasteiger partial charge in [0.1, 0.15) is 6.04 Å². The van der Waals surface area contributed by atoms with E-state index in [2.05, 4.69) is 12.2 Å². The summed E-state index contributed by atoms with van der Waals surface area (Å²) in [6.45, 7) is 2.78. The van der Waals surface area contributed by atoms with Crippen LogP contribution < -0.4 is 61.8 Å². The second-order valence-electron chi connectivity index (χ2n) is 6.31. The summed E-state index contributed by atoms with van der Waals surface area (Å²) in [5.41, 5.74) is 0. The molecule has 136 valence electrons. The average Bonchev–Trinajstić information content (AvgIpc) is 2.50. The Balaban J connectivity index is 0. The van der Waals surface area contributed by atoms with E-state index in [0.29, 0.717) is 6.54 Å². The van der Waals surface area contributed by atoms with Gasteiger partial charge in [0.2, 0.25) is 0 Å². The van der Waals surface area contributed by atoms with Gasteiger partial charge < -0.3 is 20.3 Å². The van der Waals surface area contributed by atoms with E-state index in [1.165, 1.54) is 57.8 Å². The van der Waals surface area contributed by atoms with E-state index in [0.717, 1.165) is 19.3 Å². The number of hydrogen-bond donors (Lipinski definition) is 2. The molecule has 0 aliphatic rings. The minimum absolute atomic E-state index is 0. The first-order chi connectivity index (χ1) is 11.1. The molecule has 0 saturated carbocycles. The fourth-order valence-corrected chi connectivity index (χ4v) is 2.66. The van der Waals surface area contributed by atoms with Crippen LogP contribution in [0.15, 0.2) is 0 Å². The second-order valence-corrected chi connectivity index (χ2v) is 6.31. The number of hydrogen-bond acceptors (Lipinski definition) is 4. The third-order valence-electron chi connectivity index (χ3n) is 4.09. The summed E-state index contributed by atoms with van der Waals surface area (Å²) in [5.74, 6) is -2.47. The smallest absolute Gasteiger partial charge is 0.550 e.